The number of hydrogen-bond acceptors (Lipinski definition) is 3. The molecule has 0 unspecified atom stereocenters. The molecule has 0 atom stereocenters. The smallest absolute Gasteiger partial charge is 0.0534 e. The maximum absolute atomic E-state index is 4.33. The van der Waals surface area contributed by atoms with Crippen molar-refractivity contribution >= 4 is 0 Å². The van der Waals surface area contributed by atoms with Crippen LogP contribution < -0.4 is 5.32 Å². The van der Waals surface area contributed by atoms with Gasteiger partial charge in [-0.15, -0.1) is 0 Å². The largest absolute Gasteiger partial charge is 0.307 e. The van der Waals surface area contributed by atoms with Crippen LogP contribution in [0.15, 0.2) is 24.7 Å². The maximum atomic E-state index is 4.33. The van der Waals surface area contributed by atoms with E-state index in [0.717, 1.165) is 39.0 Å². The molecular formula is C14H23N5. The molecule has 2 rings (SSSR count). The average Bonchev–Trinajstić information content (AvgIpc) is 3.01. The zero-order chi connectivity index (χ0) is 13.5. The van der Waals surface area contributed by atoms with Gasteiger partial charge in [-0.2, -0.15) is 10.2 Å². The first kappa shape index (κ1) is 13.8. The van der Waals surface area contributed by atoms with Gasteiger partial charge in [-0.25, -0.2) is 0 Å². The Morgan fingerprint density at radius 2 is 1.95 bits per heavy atom. The number of nitrogens with zero attached hydrogens (tertiary/aromatic N) is 4. The Morgan fingerprint density at radius 3 is 2.74 bits per heavy atom. The fourth-order valence-corrected chi connectivity index (χ4v) is 2.11. The van der Waals surface area contributed by atoms with Crippen molar-refractivity contribution in [2.75, 3.05) is 0 Å². The van der Waals surface area contributed by atoms with Gasteiger partial charge in [0.15, 0.2) is 0 Å². The Hall–Kier alpha value is -1.62. The summed E-state index contributed by atoms with van der Waals surface area (Å²) in [5.74, 6) is 0. The zero-order valence-electron chi connectivity index (χ0n) is 11.8. The van der Waals surface area contributed by atoms with Crippen molar-refractivity contribution in [2.24, 2.45) is 0 Å². The fraction of sp³-hybridized carbons (Fsp3) is 0.571. The first-order chi connectivity index (χ1) is 9.33. The van der Waals surface area contributed by atoms with Gasteiger partial charge >= 0.3 is 0 Å². The monoisotopic (exact) mass is 261 g/mol. The Balaban J connectivity index is 1.80. The van der Waals surface area contributed by atoms with Crippen LogP contribution in [0.1, 0.15) is 37.9 Å². The molecule has 0 amide bonds. The van der Waals surface area contributed by atoms with E-state index in [1.165, 1.54) is 11.3 Å². The van der Waals surface area contributed by atoms with Crippen molar-refractivity contribution in [1.29, 1.82) is 0 Å². The summed E-state index contributed by atoms with van der Waals surface area (Å²) < 4.78 is 4.06. The highest BCUT2D eigenvalue weighted by Gasteiger charge is 2.02. The molecule has 19 heavy (non-hydrogen) atoms. The Kier molecular flexibility index (Phi) is 5.15. The Bertz CT molecular complexity index is 485. The highest BCUT2D eigenvalue weighted by molar-refractivity contribution is 5.05. The molecule has 104 valence electrons. The summed E-state index contributed by atoms with van der Waals surface area (Å²) in [5.41, 5.74) is 2.47. The van der Waals surface area contributed by atoms with Crippen LogP contribution in [0.4, 0.5) is 0 Å². The molecule has 0 saturated carbocycles. The van der Waals surface area contributed by atoms with Crippen molar-refractivity contribution in [3.8, 4) is 0 Å². The van der Waals surface area contributed by atoms with E-state index in [9.17, 15) is 0 Å². The van der Waals surface area contributed by atoms with Crippen LogP contribution in [-0.4, -0.2) is 19.6 Å². The molecule has 0 aliphatic heterocycles. The summed E-state index contributed by atoms with van der Waals surface area (Å²) in [6, 6.07) is 2.07. The first-order valence-corrected chi connectivity index (χ1v) is 7.06. The summed E-state index contributed by atoms with van der Waals surface area (Å²) in [6.45, 7) is 8.00. The van der Waals surface area contributed by atoms with Gasteiger partial charge < -0.3 is 5.32 Å². The van der Waals surface area contributed by atoms with E-state index in [1.807, 2.05) is 17.1 Å². The number of aryl methyl sites for hydroxylation is 2. The second kappa shape index (κ2) is 7.09. The lowest BCUT2D eigenvalue weighted by Gasteiger charge is -2.06. The summed E-state index contributed by atoms with van der Waals surface area (Å²) in [4.78, 5) is 0. The average molecular weight is 261 g/mol. The van der Waals surface area contributed by atoms with E-state index in [2.05, 4.69) is 46.3 Å². The first-order valence-electron chi connectivity index (χ1n) is 7.06. The van der Waals surface area contributed by atoms with Gasteiger partial charge in [-0.05, 0) is 18.9 Å². The van der Waals surface area contributed by atoms with E-state index in [4.69, 9.17) is 0 Å². The second-order valence-corrected chi connectivity index (χ2v) is 4.76. The summed E-state index contributed by atoms with van der Waals surface area (Å²) >= 11 is 0. The van der Waals surface area contributed by atoms with Gasteiger partial charge in [-0.3, -0.25) is 9.36 Å². The highest BCUT2D eigenvalue weighted by atomic mass is 15.3. The molecular weight excluding hydrogens is 238 g/mol. The molecule has 2 aromatic heterocycles. The lowest BCUT2D eigenvalue weighted by Crippen LogP contribution is -2.16. The van der Waals surface area contributed by atoms with Crippen molar-refractivity contribution < 1.29 is 0 Å². The summed E-state index contributed by atoms with van der Waals surface area (Å²) in [6.07, 6.45) is 8.14. The van der Waals surface area contributed by atoms with E-state index < -0.39 is 0 Å². The topological polar surface area (TPSA) is 47.7 Å². The third-order valence-corrected chi connectivity index (χ3v) is 3.01. The molecule has 2 heterocycles. The third kappa shape index (κ3) is 3.92. The van der Waals surface area contributed by atoms with Crippen LogP contribution in [0.5, 0.6) is 0 Å². The Labute approximate surface area is 114 Å². The predicted molar refractivity (Wildman–Crippen MR) is 75.6 cm³/mol. The normalized spacial score (nSPS) is 11.1. The van der Waals surface area contributed by atoms with E-state index >= 15 is 0 Å². The van der Waals surface area contributed by atoms with Crippen molar-refractivity contribution in [3.63, 3.8) is 0 Å². The highest BCUT2D eigenvalue weighted by Crippen LogP contribution is 2.02. The number of rotatable bonds is 8. The fourth-order valence-electron chi connectivity index (χ4n) is 2.11. The van der Waals surface area contributed by atoms with E-state index in [-0.39, 0.29) is 0 Å². The number of aromatic nitrogens is 4. The molecule has 1 N–H and O–H groups in total. The molecule has 0 fully saturated rings. The van der Waals surface area contributed by atoms with Gasteiger partial charge in [0.05, 0.1) is 11.9 Å². The van der Waals surface area contributed by atoms with Gasteiger partial charge in [-0.1, -0.05) is 13.8 Å². The number of hydrogen-bond donors (Lipinski definition) is 1. The molecule has 5 nitrogen and oxygen atoms in total. The lowest BCUT2D eigenvalue weighted by molar-refractivity contribution is 0.549. The molecule has 0 spiro atoms. The molecule has 0 radical (unpaired) electrons. The third-order valence-electron chi connectivity index (χ3n) is 3.01. The summed E-state index contributed by atoms with van der Waals surface area (Å²) in [7, 11) is 0. The predicted octanol–water partition coefficient (Wildman–Crippen LogP) is 2.19. The quantitative estimate of drug-likeness (QED) is 0.792. The molecule has 2 aromatic rings. The maximum Gasteiger partial charge on any atom is 0.0534 e. The van der Waals surface area contributed by atoms with Crippen LogP contribution in [0.25, 0.3) is 0 Å². The number of nitrogens with one attached hydrogen (secondary N) is 1. The van der Waals surface area contributed by atoms with Crippen molar-refractivity contribution in [2.45, 2.75) is 52.9 Å². The standard InChI is InChI=1S/C14H23N5/c1-3-7-18-12-13(10-17-18)9-15-11-14-5-6-16-19(14)8-4-2/h5-6,10,12,15H,3-4,7-9,11H2,1-2H3. The van der Waals surface area contributed by atoms with Crippen molar-refractivity contribution in [3.05, 3.63) is 35.9 Å². The second-order valence-electron chi connectivity index (χ2n) is 4.76. The molecule has 0 bridgehead atoms. The summed E-state index contributed by atoms with van der Waals surface area (Å²) in [5, 5.41) is 12.1. The van der Waals surface area contributed by atoms with Crippen LogP contribution in [0.3, 0.4) is 0 Å². The van der Waals surface area contributed by atoms with E-state index in [1.54, 1.807) is 0 Å². The lowest BCUT2D eigenvalue weighted by atomic mass is 10.3. The SMILES string of the molecule is CCCn1cc(CNCc2ccnn2CCC)cn1. The van der Waals surface area contributed by atoms with Gasteiger partial charge in [0.1, 0.15) is 0 Å². The molecule has 5 heteroatoms. The van der Waals surface area contributed by atoms with Gasteiger partial charge in [0.25, 0.3) is 0 Å². The minimum atomic E-state index is 0.846. The molecule has 0 saturated heterocycles. The minimum absolute atomic E-state index is 0.846. The molecule has 0 aliphatic carbocycles. The van der Waals surface area contributed by atoms with Crippen molar-refractivity contribution in [1.82, 2.24) is 24.9 Å². The van der Waals surface area contributed by atoms with Crippen LogP contribution >= 0.6 is 0 Å². The molecule has 0 aliphatic rings. The molecule has 0 aromatic carbocycles. The van der Waals surface area contributed by atoms with Crippen LogP contribution in [0, 0.1) is 0 Å². The van der Waals surface area contributed by atoms with Gasteiger partial charge in [0.2, 0.25) is 0 Å². The van der Waals surface area contributed by atoms with Crippen LogP contribution in [0.2, 0.25) is 0 Å². The minimum Gasteiger partial charge on any atom is -0.307 e. The Morgan fingerprint density at radius 1 is 1.11 bits per heavy atom. The van der Waals surface area contributed by atoms with E-state index in [0.29, 0.717) is 0 Å². The zero-order valence-corrected chi connectivity index (χ0v) is 11.8. The van der Waals surface area contributed by atoms with Gasteiger partial charge in [0, 0.05) is 44.1 Å². The van der Waals surface area contributed by atoms with Crippen LogP contribution in [-0.2, 0) is 26.2 Å².